The van der Waals surface area contributed by atoms with Gasteiger partial charge in [0.15, 0.2) is 5.13 Å². The van der Waals surface area contributed by atoms with Gasteiger partial charge in [0.25, 0.3) is 5.91 Å². The van der Waals surface area contributed by atoms with Gasteiger partial charge in [-0.2, -0.15) is 0 Å². The second-order valence-electron chi connectivity index (χ2n) is 8.46. The van der Waals surface area contributed by atoms with E-state index in [1.165, 1.54) is 16.9 Å². The molecule has 0 fully saturated rings. The van der Waals surface area contributed by atoms with Crippen LogP contribution in [0, 0.1) is 0 Å². The fraction of sp³-hybridized carbons (Fsp3) is 0.179. The third-order valence-corrected chi connectivity index (χ3v) is 6.93. The van der Waals surface area contributed by atoms with Crippen LogP contribution >= 0.6 is 11.3 Å². The molecule has 0 bridgehead atoms. The number of carbonyl (C=O) groups excluding carboxylic acids is 1. The number of pyridine rings is 1. The van der Waals surface area contributed by atoms with Crippen LogP contribution in [0.5, 0.6) is 5.75 Å². The molecule has 0 aliphatic rings. The van der Waals surface area contributed by atoms with Crippen molar-refractivity contribution in [3.05, 3.63) is 95.8 Å². The maximum Gasteiger partial charge on any atom is 0.264 e. The first-order valence-corrected chi connectivity index (χ1v) is 12.0. The number of amides is 1. The minimum absolute atomic E-state index is 0.168. The van der Waals surface area contributed by atoms with Gasteiger partial charge in [-0.3, -0.25) is 14.7 Å². The van der Waals surface area contributed by atoms with Gasteiger partial charge in [-0.25, -0.2) is 4.98 Å². The lowest BCUT2D eigenvalue weighted by Crippen LogP contribution is -2.31. The molecule has 5 rings (SSSR count). The van der Waals surface area contributed by atoms with Gasteiger partial charge in [0.05, 0.1) is 35.1 Å². The minimum atomic E-state index is -0.168. The van der Waals surface area contributed by atoms with E-state index in [-0.39, 0.29) is 5.91 Å². The van der Waals surface area contributed by atoms with Crippen LogP contribution in [0.1, 0.15) is 41.4 Å². The first-order chi connectivity index (χ1) is 16.5. The number of nitrogens with zero attached hydrogens (tertiary/aromatic N) is 3. The number of fused-ring (bicyclic) bond motifs is 2. The third-order valence-electron chi connectivity index (χ3n) is 5.88. The first-order valence-electron chi connectivity index (χ1n) is 11.2. The maximum atomic E-state index is 14.1. The average molecular weight is 468 g/mol. The Morgan fingerprint density at radius 2 is 1.76 bits per heavy atom. The fourth-order valence-corrected chi connectivity index (χ4v) is 5.12. The Bertz CT molecular complexity index is 1480. The molecule has 170 valence electrons. The second kappa shape index (κ2) is 9.23. The molecule has 0 atom stereocenters. The molecular weight excluding hydrogens is 442 g/mol. The molecule has 2 heterocycles. The fourth-order valence-electron chi connectivity index (χ4n) is 4.12. The van der Waals surface area contributed by atoms with E-state index in [1.54, 1.807) is 18.2 Å². The molecule has 0 unspecified atom stereocenters. The number of thiazole rings is 1. The summed E-state index contributed by atoms with van der Waals surface area (Å²) in [6.45, 7) is 4.63. The lowest BCUT2D eigenvalue weighted by atomic mass is 10.0. The van der Waals surface area contributed by atoms with E-state index in [9.17, 15) is 4.79 Å². The third kappa shape index (κ3) is 4.13. The minimum Gasteiger partial charge on any atom is -0.496 e. The summed E-state index contributed by atoms with van der Waals surface area (Å²) in [5.74, 6) is 0.705. The van der Waals surface area contributed by atoms with Crippen LogP contribution < -0.4 is 9.64 Å². The van der Waals surface area contributed by atoms with Gasteiger partial charge in [-0.15, -0.1) is 0 Å². The quantitative estimate of drug-likeness (QED) is 0.275. The zero-order chi connectivity index (χ0) is 23.7. The molecular formula is C28H25N3O2S. The van der Waals surface area contributed by atoms with Crippen molar-refractivity contribution in [3.8, 4) is 5.75 Å². The summed E-state index contributed by atoms with van der Waals surface area (Å²) in [5, 5.41) is 2.65. The molecule has 0 aliphatic carbocycles. The van der Waals surface area contributed by atoms with Crippen molar-refractivity contribution < 1.29 is 9.53 Å². The van der Waals surface area contributed by atoms with E-state index in [0.717, 1.165) is 26.7 Å². The summed E-state index contributed by atoms with van der Waals surface area (Å²) in [7, 11) is 1.59. The van der Waals surface area contributed by atoms with Gasteiger partial charge in [0, 0.05) is 6.20 Å². The van der Waals surface area contributed by atoms with Crippen LogP contribution in [-0.4, -0.2) is 23.0 Å². The van der Waals surface area contributed by atoms with Gasteiger partial charge >= 0.3 is 0 Å². The molecule has 0 saturated carbocycles. The number of carbonyl (C=O) groups is 1. The van der Waals surface area contributed by atoms with Crippen molar-refractivity contribution in [1.82, 2.24) is 9.97 Å². The number of benzene rings is 3. The molecule has 1 amide bonds. The molecule has 0 spiro atoms. The van der Waals surface area contributed by atoms with Gasteiger partial charge in [-0.05, 0) is 52.6 Å². The molecule has 5 aromatic rings. The predicted molar refractivity (Wildman–Crippen MR) is 139 cm³/mol. The number of hydrogen-bond donors (Lipinski definition) is 0. The molecule has 0 saturated heterocycles. The van der Waals surface area contributed by atoms with Gasteiger partial charge in [0.1, 0.15) is 5.75 Å². The molecule has 34 heavy (non-hydrogen) atoms. The van der Waals surface area contributed by atoms with Crippen molar-refractivity contribution in [2.24, 2.45) is 0 Å². The summed E-state index contributed by atoms with van der Waals surface area (Å²) in [4.78, 5) is 25.2. The number of hydrogen-bond acceptors (Lipinski definition) is 5. The summed E-state index contributed by atoms with van der Waals surface area (Å²) in [6, 6.07) is 23.7. The Kier molecular flexibility index (Phi) is 5.99. The topological polar surface area (TPSA) is 55.3 Å². The molecule has 2 aromatic heterocycles. The Morgan fingerprint density at radius 1 is 1.00 bits per heavy atom. The number of ether oxygens (including phenoxy) is 1. The summed E-state index contributed by atoms with van der Waals surface area (Å²) in [6.07, 6.45) is 1.74. The lowest BCUT2D eigenvalue weighted by Gasteiger charge is -2.21. The Balaban J connectivity index is 1.65. The monoisotopic (exact) mass is 467 g/mol. The highest BCUT2D eigenvalue weighted by molar-refractivity contribution is 7.22. The van der Waals surface area contributed by atoms with E-state index in [1.807, 2.05) is 54.6 Å². The number of methoxy groups -OCH3 is 1. The largest absolute Gasteiger partial charge is 0.496 e. The summed E-state index contributed by atoms with van der Waals surface area (Å²) >= 11 is 1.52. The van der Waals surface area contributed by atoms with E-state index >= 15 is 0 Å². The zero-order valence-electron chi connectivity index (χ0n) is 19.4. The van der Waals surface area contributed by atoms with E-state index in [2.05, 4.69) is 37.0 Å². The molecule has 0 radical (unpaired) electrons. The molecule has 6 heteroatoms. The lowest BCUT2D eigenvalue weighted by molar-refractivity contribution is 0.0982. The van der Waals surface area contributed by atoms with Crippen LogP contribution in [0.4, 0.5) is 5.13 Å². The smallest absolute Gasteiger partial charge is 0.264 e. The van der Waals surface area contributed by atoms with E-state index in [4.69, 9.17) is 9.72 Å². The maximum absolute atomic E-state index is 14.1. The van der Waals surface area contributed by atoms with Crippen LogP contribution in [0.25, 0.3) is 21.0 Å². The highest BCUT2D eigenvalue weighted by Crippen LogP contribution is 2.36. The highest BCUT2D eigenvalue weighted by atomic mass is 32.1. The highest BCUT2D eigenvalue weighted by Gasteiger charge is 2.26. The Labute approximate surface area is 202 Å². The van der Waals surface area contributed by atoms with Crippen molar-refractivity contribution in [2.45, 2.75) is 26.3 Å². The van der Waals surface area contributed by atoms with Crippen LogP contribution in [-0.2, 0) is 6.54 Å². The molecule has 0 N–H and O–H groups in total. The standard InChI is InChI=1S/C28H25N3O2S/c1-18(2)22-12-8-13-25-26(22)30-28(34-25)31(17-21-11-6-7-14-29-21)27(32)23-15-19-9-4-5-10-20(19)16-24(23)33-3/h4-16,18H,17H2,1-3H3. The number of rotatable bonds is 6. The SMILES string of the molecule is COc1cc2ccccc2cc1C(=O)N(Cc1ccccn1)c1nc2c(C(C)C)cccc2s1. The normalized spacial score (nSPS) is 11.3. The molecule has 3 aromatic carbocycles. The van der Waals surface area contributed by atoms with E-state index < -0.39 is 0 Å². The van der Waals surface area contributed by atoms with Gasteiger partial charge in [-0.1, -0.05) is 67.6 Å². The Hall–Kier alpha value is -3.77. The van der Waals surface area contributed by atoms with Crippen molar-refractivity contribution >= 4 is 43.4 Å². The number of aromatic nitrogens is 2. The Morgan fingerprint density at radius 3 is 2.47 bits per heavy atom. The van der Waals surface area contributed by atoms with Crippen LogP contribution in [0.3, 0.4) is 0 Å². The second-order valence-corrected chi connectivity index (χ2v) is 9.47. The van der Waals surface area contributed by atoms with E-state index in [0.29, 0.717) is 28.9 Å². The zero-order valence-corrected chi connectivity index (χ0v) is 20.2. The predicted octanol–water partition coefficient (Wildman–Crippen LogP) is 6.82. The van der Waals surface area contributed by atoms with Crippen LogP contribution in [0.15, 0.2) is 79.0 Å². The number of anilines is 1. The molecule has 0 aliphatic heterocycles. The van der Waals surface area contributed by atoms with Crippen molar-refractivity contribution in [3.63, 3.8) is 0 Å². The first kappa shape index (κ1) is 22.0. The molecule has 5 nitrogen and oxygen atoms in total. The van der Waals surface area contributed by atoms with Gasteiger partial charge < -0.3 is 4.74 Å². The average Bonchev–Trinajstić information content (AvgIpc) is 3.30. The summed E-state index contributed by atoms with van der Waals surface area (Å²) in [5.41, 5.74) is 3.41. The number of para-hydroxylation sites is 1. The summed E-state index contributed by atoms with van der Waals surface area (Å²) < 4.78 is 6.70. The van der Waals surface area contributed by atoms with Crippen molar-refractivity contribution in [1.29, 1.82) is 0 Å². The van der Waals surface area contributed by atoms with Gasteiger partial charge in [0.2, 0.25) is 0 Å². The van der Waals surface area contributed by atoms with Crippen LogP contribution in [0.2, 0.25) is 0 Å². The van der Waals surface area contributed by atoms with Crippen molar-refractivity contribution in [2.75, 3.05) is 12.0 Å².